The molecule has 0 aliphatic rings. The summed E-state index contributed by atoms with van der Waals surface area (Å²) in [5.74, 6) is -0.0525. The molecule has 0 atom stereocenters. The molecule has 0 radical (unpaired) electrons. The number of aromatic nitrogens is 1. The molecule has 0 spiro atoms. The van der Waals surface area contributed by atoms with E-state index in [-0.39, 0.29) is 17.6 Å². The van der Waals surface area contributed by atoms with Crippen molar-refractivity contribution in [3.63, 3.8) is 0 Å². The highest BCUT2D eigenvalue weighted by atomic mass is 35.5. The molecule has 0 aliphatic carbocycles. The van der Waals surface area contributed by atoms with E-state index in [2.05, 4.69) is 10.3 Å². The third-order valence-electron chi connectivity index (χ3n) is 4.12. The molecule has 6 nitrogen and oxygen atoms in total. The van der Waals surface area contributed by atoms with Crippen LogP contribution in [0.3, 0.4) is 0 Å². The van der Waals surface area contributed by atoms with E-state index in [1.54, 1.807) is 47.4 Å². The zero-order valence-electron chi connectivity index (χ0n) is 15.6. The molecule has 2 amide bonds. The molecule has 0 saturated carbocycles. The first-order valence-corrected chi connectivity index (χ1v) is 10.2. The summed E-state index contributed by atoms with van der Waals surface area (Å²) in [6.07, 6.45) is 0. The van der Waals surface area contributed by atoms with E-state index in [0.717, 1.165) is 0 Å². The molecule has 3 aromatic rings. The maximum atomic E-state index is 12.3. The molecule has 28 heavy (non-hydrogen) atoms. The van der Waals surface area contributed by atoms with E-state index < -0.39 is 0 Å². The number of hydrogen-bond acceptors (Lipinski definition) is 5. The van der Waals surface area contributed by atoms with Crippen molar-refractivity contribution in [2.75, 3.05) is 24.2 Å². The fourth-order valence-corrected chi connectivity index (χ4v) is 3.46. The van der Waals surface area contributed by atoms with Crippen LogP contribution in [0.4, 0.5) is 5.69 Å². The van der Waals surface area contributed by atoms with Crippen LogP contribution >= 0.6 is 23.4 Å². The first-order valence-electron chi connectivity index (χ1n) is 8.88. The summed E-state index contributed by atoms with van der Waals surface area (Å²) in [5.41, 5.74) is 2.51. The summed E-state index contributed by atoms with van der Waals surface area (Å²) in [5, 5.41) is 3.79. The second kappa shape index (κ2) is 9.12. The highest BCUT2D eigenvalue weighted by Gasteiger charge is 2.13. The quantitative estimate of drug-likeness (QED) is 0.564. The van der Waals surface area contributed by atoms with Gasteiger partial charge in [-0.05, 0) is 56.3 Å². The van der Waals surface area contributed by atoms with E-state index in [9.17, 15) is 9.59 Å². The van der Waals surface area contributed by atoms with Crippen molar-refractivity contribution in [2.45, 2.75) is 19.1 Å². The van der Waals surface area contributed by atoms with E-state index in [0.29, 0.717) is 45.7 Å². The number of rotatable bonds is 7. The molecule has 2 aromatic carbocycles. The standard InChI is InChI=1S/C20H20ClN3O3S/c1-3-24(4-2)19(26)13-5-8-15(9-6-13)22-18(25)12-28-20-23-16-11-14(21)7-10-17(16)27-20/h5-11H,3-4,12H2,1-2H3,(H,22,25). The minimum absolute atomic E-state index is 0.0190. The van der Waals surface area contributed by atoms with Gasteiger partial charge in [0.1, 0.15) is 5.52 Å². The molecule has 0 saturated heterocycles. The van der Waals surface area contributed by atoms with Crippen molar-refractivity contribution in [1.82, 2.24) is 9.88 Å². The van der Waals surface area contributed by atoms with E-state index in [1.165, 1.54) is 11.8 Å². The summed E-state index contributed by atoms with van der Waals surface area (Å²) in [6, 6.07) is 12.1. The second-order valence-corrected chi connectivity index (χ2v) is 7.35. The smallest absolute Gasteiger partial charge is 0.257 e. The Kier molecular flexibility index (Phi) is 6.59. The number of carbonyl (C=O) groups excluding carboxylic acids is 2. The minimum Gasteiger partial charge on any atom is -0.431 e. The molecule has 1 heterocycles. The predicted molar refractivity (Wildman–Crippen MR) is 112 cm³/mol. The number of benzene rings is 2. The van der Waals surface area contributed by atoms with E-state index in [1.807, 2.05) is 13.8 Å². The second-order valence-electron chi connectivity index (χ2n) is 5.98. The lowest BCUT2D eigenvalue weighted by atomic mass is 10.2. The number of oxazole rings is 1. The van der Waals surface area contributed by atoms with Crippen LogP contribution in [0.15, 0.2) is 52.1 Å². The predicted octanol–water partition coefficient (Wildman–Crippen LogP) is 4.69. The fourth-order valence-electron chi connectivity index (χ4n) is 2.66. The number of fused-ring (bicyclic) bond motifs is 1. The molecule has 146 valence electrons. The zero-order valence-corrected chi connectivity index (χ0v) is 17.1. The Labute approximate surface area is 172 Å². The molecule has 0 fully saturated rings. The first-order chi connectivity index (χ1) is 13.5. The van der Waals surface area contributed by atoms with Crippen LogP contribution in [0.25, 0.3) is 11.1 Å². The summed E-state index contributed by atoms with van der Waals surface area (Å²) in [4.78, 5) is 30.5. The molecule has 0 aliphatic heterocycles. The molecule has 0 bridgehead atoms. The van der Waals surface area contributed by atoms with Crippen LogP contribution in [0.5, 0.6) is 0 Å². The number of carbonyl (C=O) groups is 2. The van der Waals surface area contributed by atoms with E-state index in [4.69, 9.17) is 16.0 Å². The Morgan fingerprint density at radius 2 is 1.86 bits per heavy atom. The number of hydrogen-bond donors (Lipinski definition) is 1. The van der Waals surface area contributed by atoms with Crippen LogP contribution in [-0.4, -0.2) is 40.5 Å². The topological polar surface area (TPSA) is 75.4 Å². The van der Waals surface area contributed by atoms with Crippen LogP contribution in [0.2, 0.25) is 5.02 Å². The van der Waals surface area contributed by atoms with Gasteiger partial charge in [0.2, 0.25) is 5.91 Å². The SMILES string of the molecule is CCN(CC)C(=O)c1ccc(NC(=O)CSc2nc3cc(Cl)ccc3o2)cc1. The van der Waals surface area contributed by atoms with Gasteiger partial charge in [-0.1, -0.05) is 23.4 Å². The summed E-state index contributed by atoms with van der Waals surface area (Å²) in [7, 11) is 0. The molecule has 1 aromatic heterocycles. The van der Waals surface area contributed by atoms with Crippen LogP contribution < -0.4 is 5.32 Å². The maximum absolute atomic E-state index is 12.3. The van der Waals surface area contributed by atoms with Gasteiger partial charge in [-0.3, -0.25) is 9.59 Å². The zero-order chi connectivity index (χ0) is 20.1. The monoisotopic (exact) mass is 417 g/mol. The minimum atomic E-state index is -0.187. The van der Waals surface area contributed by atoms with Crippen LogP contribution in [-0.2, 0) is 4.79 Å². The Hall–Kier alpha value is -2.51. The number of anilines is 1. The lowest BCUT2D eigenvalue weighted by Gasteiger charge is -2.18. The number of nitrogens with zero attached hydrogens (tertiary/aromatic N) is 2. The third-order valence-corrected chi connectivity index (χ3v) is 5.19. The van der Waals surface area contributed by atoms with Gasteiger partial charge in [-0.25, -0.2) is 4.98 Å². The Bertz CT molecular complexity index is 984. The largest absolute Gasteiger partial charge is 0.431 e. The van der Waals surface area contributed by atoms with Gasteiger partial charge in [0.25, 0.3) is 11.1 Å². The average molecular weight is 418 g/mol. The Balaban J connectivity index is 1.56. The molecule has 3 rings (SSSR count). The molecule has 0 unspecified atom stereocenters. The lowest BCUT2D eigenvalue weighted by Crippen LogP contribution is -2.30. The number of amides is 2. The van der Waals surface area contributed by atoms with Crippen molar-refractivity contribution in [1.29, 1.82) is 0 Å². The van der Waals surface area contributed by atoms with Gasteiger partial charge in [0.05, 0.1) is 5.75 Å². The molecule has 1 N–H and O–H groups in total. The van der Waals surface area contributed by atoms with Crippen LogP contribution in [0, 0.1) is 0 Å². The van der Waals surface area contributed by atoms with Gasteiger partial charge in [-0.15, -0.1) is 0 Å². The highest BCUT2D eigenvalue weighted by Crippen LogP contribution is 2.25. The average Bonchev–Trinajstić information content (AvgIpc) is 3.10. The first kappa shape index (κ1) is 20.2. The number of halogens is 1. The normalized spacial score (nSPS) is 10.8. The van der Waals surface area contributed by atoms with Crippen molar-refractivity contribution in [3.05, 3.63) is 53.1 Å². The summed E-state index contributed by atoms with van der Waals surface area (Å²) in [6.45, 7) is 5.21. The van der Waals surface area contributed by atoms with Gasteiger partial charge in [0, 0.05) is 29.4 Å². The Morgan fingerprint density at radius 1 is 1.14 bits per heavy atom. The van der Waals surface area contributed by atoms with Crippen LogP contribution in [0.1, 0.15) is 24.2 Å². The van der Waals surface area contributed by atoms with Crippen molar-refractivity contribution >= 4 is 52.0 Å². The third kappa shape index (κ3) is 4.85. The Morgan fingerprint density at radius 3 is 2.54 bits per heavy atom. The molecule has 8 heteroatoms. The summed E-state index contributed by atoms with van der Waals surface area (Å²) >= 11 is 7.14. The van der Waals surface area contributed by atoms with Crippen molar-refractivity contribution < 1.29 is 14.0 Å². The lowest BCUT2D eigenvalue weighted by molar-refractivity contribution is -0.113. The fraction of sp³-hybridized carbons (Fsp3) is 0.250. The maximum Gasteiger partial charge on any atom is 0.257 e. The number of nitrogens with one attached hydrogen (secondary N) is 1. The van der Waals surface area contributed by atoms with E-state index >= 15 is 0 Å². The summed E-state index contributed by atoms with van der Waals surface area (Å²) < 4.78 is 5.58. The molecular weight excluding hydrogens is 398 g/mol. The molecular formula is C20H20ClN3O3S. The van der Waals surface area contributed by atoms with Gasteiger partial charge in [-0.2, -0.15) is 0 Å². The highest BCUT2D eigenvalue weighted by molar-refractivity contribution is 7.99. The van der Waals surface area contributed by atoms with Crippen molar-refractivity contribution in [3.8, 4) is 0 Å². The van der Waals surface area contributed by atoms with Gasteiger partial charge in [0.15, 0.2) is 5.58 Å². The van der Waals surface area contributed by atoms with Gasteiger partial charge < -0.3 is 14.6 Å². The van der Waals surface area contributed by atoms with Crippen molar-refractivity contribution in [2.24, 2.45) is 0 Å². The van der Waals surface area contributed by atoms with Gasteiger partial charge >= 0.3 is 0 Å². The number of thioether (sulfide) groups is 1.